The van der Waals surface area contributed by atoms with Crippen molar-refractivity contribution in [2.45, 2.75) is 49.0 Å². The quantitative estimate of drug-likeness (QED) is 0.625. The smallest absolute Gasteiger partial charge is 0.268 e. The molecule has 24 heavy (non-hydrogen) atoms. The summed E-state index contributed by atoms with van der Waals surface area (Å²) in [5, 5.41) is 12.7. The highest BCUT2D eigenvalue weighted by Crippen LogP contribution is 2.34. The summed E-state index contributed by atoms with van der Waals surface area (Å²) in [6, 6.07) is 0. The van der Waals surface area contributed by atoms with Crippen molar-refractivity contribution in [2.24, 2.45) is 0 Å². The van der Waals surface area contributed by atoms with E-state index in [4.69, 9.17) is 0 Å². The van der Waals surface area contributed by atoms with Gasteiger partial charge in [-0.3, -0.25) is 19.5 Å². The van der Waals surface area contributed by atoms with Crippen molar-refractivity contribution in [2.75, 3.05) is 11.1 Å². The Morgan fingerprint density at radius 2 is 2.25 bits per heavy atom. The molecule has 0 saturated heterocycles. The summed E-state index contributed by atoms with van der Waals surface area (Å²) in [4.78, 5) is 30.0. The zero-order valence-electron chi connectivity index (χ0n) is 13.5. The van der Waals surface area contributed by atoms with E-state index in [-0.39, 0.29) is 17.2 Å². The van der Waals surface area contributed by atoms with Gasteiger partial charge in [0.05, 0.1) is 16.3 Å². The van der Waals surface area contributed by atoms with Crippen LogP contribution in [0.15, 0.2) is 14.8 Å². The van der Waals surface area contributed by atoms with Crippen LogP contribution in [-0.2, 0) is 17.8 Å². The zero-order chi connectivity index (χ0) is 17.3. The van der Waals surface area contributed by atoms with Crippen LogP contribution < -0.4 is 10.9 Å². The average molecular weight is 384 g/mol. The SMILES string of the molecule is CCn1c(SCC(=O)Nc2nnc(C)s2)nc2c(c1=O)SC(C)C2. The molecule has 0 radical (unpaired) electrons. The van der Waals surface area contributed by atoms with Gasteiger partial charge in [0.1, 0.15) is 5.01 Å². The number of carbonyl (C=O) groups is 1. The highest BCUT2D eigenvalue weighted by Gasteiger charge is 2.26. The fourth-order valence-corrected chi connectivity index (χ4v) is 4.96. The second kappa shape index (κ2) is 7.24. The van der Waals surface area contributed by atoms with E-state index in [0.717, 1.165) is 22.0 Å². The van der Waals surface area contributed by atoms with Crippen LogP contribution in [0.4, 0.5) is 5.13 Å². The minimum atomic E-state index is -0.184. The van der Waals surface area contributed by atoms with Gasteiger partial charge in [0.2, 0.25) is 11.0 Å². The third-order valence-corrected chi connectivity index (χ3v) is 6.33. The van der Waals surface area contributed by atoms with Gasteiger partial charge in [-0.25, -0.2) is 4.98 Å². The van der Waals surface area contributed by atoms with Gasteiger partial charge < -0.3 is 0 Å². The fraction of sp³-hybridized carbons (Fsp3) is 0.500. The van der Waals surface area contributed by atoms with E-state index < -0.39 is 0 Å². The lowest BCUT2D eigenvalue weighted by Crippen LogP contribution is -2.25. The molecule has 3 heterocycles. The van der Waals surface area contributed by atoms with Gasteiger partial charge in [0.25, 0.3) is 5.56 Å². The summed E-state index contributed by atoms with van der Waals surface area (Å²) >= 11 is 4.19. The second-order valence-corrected chi connectivity index (χ2v) is 8.89. The third-order valence-electron chi connectivity index (χ3n) is 3.38. The van der Waals surface area contributed by atoms with Gasteiger partial charge in [-0.05, 0) is 13.8 Å². The number of amides is 1. The van der Waals surface area contributed by atoms with Crippen molar-refractivity contribution >= 4 is 45.9 Å². The molecule has 0 aliphatic carbocycles. The molecule has 0 bridgehead atoms. The molecule has 0 aromatic carbocycles. The first kappa shape index (κ1) is 17.4. The molecule has 128 valence electrons. The van der Waals surface area contributed by atoms with Crippen molar-refractivity contribution in [1.82, 2.24) is 19.7 Å². The Kier molecular flexibility index (Phi) is 5.26. The van der Waals surface area contributed by atoms with Crippen LogP contribution in [0.3, 0.4) is 0 Å². The van der Waals surface area contributed by atoms with Gasteiger partial charge in [-0.15, -0.1) is 22.0 Å². The summed E-state index contributed by atoms with van der Waals surface area (Å²) < 4.78 is 1.64. The van der Waals surface area contributed by atoms with Crippen LogP contribution in [0.2, 0.25) is 0 Å². The maximum Gasteiger partial charge on any atom is 0.268 e. The van der Waals surface area contributed by atoms with Crippen LogP contribution in [0.1, 0.15) is 24.5 Å². The number of carbonyl (C=O) groups excluding carboxylic acids is 1. The van der Waals surface area contributed by atoms with Gasteiger partial charge in [0, 0.05) is 18.2 Å². The molecule has 1 atom stereocenters. The normalized spacial score (nSPS) is 16.2. The van der Waals surface area contributed by atoms with Crippen LogP contribution >= 0.6 is 34.9 Å². The van der Waals surface area contributed by atoms with Crippen LogP contribution in [0, 0.1) is 6.92 Å². The van der Waals surface area contributed by atoms with Crippen molar-refractivity contribution in [3.63, 3.8) is 0 Å². The number of hydrogen-bond donors (Lipinski definition) is 1. The molecule has 3 rings (SSSR count). The molecule has 0 saturated carbocycles. The van der Waals surface area contributed by atoms with Crippen LogP contribution in [0.25, 0.3) is 0 Å². The molecular weight excluding hydrogens is 366 g/mol. The van der Waals surface area contributed by atoms with Crippen molar-refractivity contribution in [3.8, 4) is 0 Å². The molecule has 10 heteroatoms. The van der Waals surface area contributed by atoms with E-state index in [0.29, 0.717) is 22.1 Å². The van der Waals surface area contributed by atoms with E-state index in [9.17, 15) is 9.59 Å². The Morgan fingerprint density at radius 1 is 1.46 bits per heavy atom. The number of nitrogens with one attached hydrogen (secondary N) is 1. The Hall–Kier alpha value is -1.39. The molecule has 1 amide bonds. The van der Waals surface area contributed by atoms with Gasteiger partial charge in [-0.1, -0.05) is 30.0 Å². The average Bonchev–Trinajstić information content (AvgIpc) is 3.10. The number of aromatic nitrogens is 4. The highest BCUT2D eigenvalue weighted by molar-refractivity contribution is 8.00. The number of anilines is 1. The predicted octanol–water partition coefficient (Wildman–Crippen LogP) is 2.19. The summed E-state index contributed by atoms with van der Waals surface area (Å²) in [5.41, 5.74) is 0.851. The number of hydrogen-bond acceptors (Lipinski definition) is 8. The van der Waals surface area contributed by atoms with Crippen molar-refractivity contribution < 1.29 is 4.79 Å². The van der Waals surface area contributed by atoms with Gasteiger partial charge in [0.15, 0.2) is 5.16 Å². The molecule has 1 aliphatic heterocycles. The Morgan fingerprint density at radius 3 is 2.92 bits per heavy atom. The summed E-state index contributed by atoms with van der Waals surface area (Å²) in [6.45, 7) is 6.36. The molecular formula is C14H17N5O2S3. The lowest BCUT2D eigenvalue weighted by atomic mass is 10.2. The molecule has 2 aromatic rings. The largest absolute Gasteiger partial charge is 0.300 e. The molecule has 1 unspecified atom stereocenters. The zero-order valence-corrected chi connectivity index (χ0v) is 16.0. The van der Waals surface area contributed by atoms with Crippen LogP contribution in [-0.4, -0.2) is 36.7 Å². The molecule has 0 fully saturated rings. The van der Waals surface area contributed by atoms with E-state index in [2.05, 4.69) is 27.4 Å². The fourth-order valence-electron chi connectivity index (χ4n) is 2.35. The number of nitrogens with zero attached hydrogens (tertiary/aromatic N) is 4. The third kappa shape index (κ3) is 3.65. The minimum Gasteiger partial charge on any atom is -0.300 e. The summed E-state index contributed by atoms with van der Waals surface area (Å²) in [6.07, 6.45) is 0.795. The molecule has 1 aliphatic rings. The van der Waals surface area contributed by atoms with Crippen molar-refractivity contribution in [1.29, 1.82) is 0 Å². The summed E-state index contributed by atoms with van der Waals surface area (Å²) in [5.74, 6) is -0.0108. The number of fused-ring (bicyclic) bond motifs is 1. The maximum atomic E-state index is 12.6. The van der Waals surface area contributed by atoms with Gasteiger partial charge in [-0.2, -0.15) is 0 Å². The topological polar surface area (TPSA) is 89.8 Å². The lowest BCUT2D eigenvalue weighted by Gasteiger charge is -2.11. The monoisotopic (exact) mass is 383 g/mol. The summed E-state index contributed by atoms with van der Waals surface area (Å²) in [7, 11) is 0. The minimum absolute atomic E-state index is 0.000457. The van der Waals surface area contributed by atoms with E-state index in [1.165, 1.54) is 23.1 Å². The lowest BCUT2D eigenvalue weighted by molar-refractivity contribution is -0.113. The maximum absolute atomic E-state index is 12.6. The second-order valence-electron chi connectivity index (χ2n) is 5.32. The van der Waals surface area contributed by atoms with Crippen molar-refractivity contribution in [3.05, 3.63) is 21.1 Å². The van der Waals surface area contributed by atoms with Crippen LogP contribution in [0.5, 0.6) is 0 Å². The molecule has 0 spiro atoms. The van der Waals surface area contributed by atoms with E-state index in [1.54, 1.807) is 16.3 Å². The first-order chi connectivity index (χ1) is 11.5. The Bertz CT molecular complexity index is 832. The predicted molar refractivity (Wildman–Crippen MR) is 97.2 cm³/mol. The molecule has 1 N–H and O–H groups in total. The number of rotatable bonds is 5. The first-order valence-corrected chi connectivity index (χ1v) is 10.2. The highest BCUT2D eigenvalue weighted by atomic mass is 32.2. The first-order valence-electron chi connectivity index (χ1n) is 7.51. The molecule has 2 aromatic heterocycles. The number of thioether (sulfide) groups is 2. The van der Waals surface area contributed by atoms with Gasteiger partial charge >= 0.3 is 0 Å². The van der Waals surface area contributed by atoms with E-state index >= 15 is 0 Å². The Labute approximate surface area is 151 Å². The standard InChI is InChI=1S/C14H17N5O2S3/c1-4-19-12(21)11-9(5-7(2)23-11)15-14(19)22-6-10(20)16-13-18-17-8(3)24-13/h7H,4-6H2,1-3H3,(H,16,18,20). The number of aryl methyl sites for hydroxylation is 1. The molecule has 7 nitrogen and oxygen atoms in total. The van der Waals surface area contributed by atoms with E-state index in [1.807, 2.05) is 13.8 Å². The Balaban J connectivity index is 1.73.